The van der Waals surface area contributed by atoms with E-state index in [2.05, 4.69) is 0 Å². The number of hydrogen-bond donors (Lipinski definition) is 1. The van der Waals surface area contributed by atoms with E-state index in [-0.39, 0.29) is 11.4 Å². The average molecular weight is 259 g/mol. The maximum absolute atomic E-state index is 13.4. The van der Waals surface area contributed by atoms with Gasteiger partial charge in [-0.25, -0.2) is 8.78 Å². The summed E-state index contributed by atoms with van der Waals surface area (Å²) >= 11 is 0. The van der Waals surface area contributed by atoms with Crippen molar-refractivity contribution in [3.63, 3.8) is 0 Å². The molecular formula is C14H11F2N3. The van der Waals surface area contributed by atoms with Crippen LogP contribution in [0.25, 0.3) is 0 Å². The van der Waals surface area contributed by atoms with Gasteiger partial charge in [-0.3, -0.25) is 0 Å². The van der Waals surface area contributed by atoms with E-state index < -0.39 is 11.6 Å². The van der Waals surface area contributed by atoms with Crippen LogP contribution in [0.4, 0.5) is 25.8 Å². The second-order valence-electron chi connectivity index (χ2n) is 4.04. The zero-order valence-corrected chi connectivity index (χ0v) is 10.2. The van der Waals surface area contributed by atoms with E-state index in [1.807, 2.05) is 6.07 Å². The number of nitrogens with zero attached hydrogens (tertiary/aromatic N) is 2. The van der Waals surface area contributed by atoms with E-state index in [9.17, 15) is 8.78 Å². The molecule has 0 saturated carbocycles. The smallest absolute Gasteiger partial charge is 0.151 e. The highest BCUT2D eigenvalue weighted by atomic mass is 19.1. The van der Waals surface area contributed by atoms with Gasteiger partial charge >= 0.3 is 0 Å². The average Bonchev–Trinajstić information content (AvgIpc) is 2.42. The van der Waals surface area contributed by atoms with Crippen molar-refractivity contribution >= 4 is 17.1 Å². The SMILES string of the molecule is CN(c1ccc(C#N)cc1)c1cc(F)cc(F)c1N. The highest BCUT2D eigenvalue weighted by Crippen LogP contribution is 2.31. The lowest BCUT2D eigenvalue weighted by molar-refractivity contribution is 0.586. The molecule has 5 heteroatoms. The quantitative estimate of drug-likeness (QED) is 0.843. The minimum Gasteiger partial charge on any atom is -0.395 e. The first-order valence-corrected chi connectivity index (χ1v) is 5.51. The van der Waals surface area contributed by atoms with E-state index in [1.54, 1.807) is 36.2 Å². The van der Waals surface area contributed by atoms with Crippen molar-refractivity contribution in [3.05, 3.63) is 53.6 Å². The Morgan fingerprint density at radius 2 is 1.79 bits per heavy atom. The van der Waals surface area contributed by atoms with Crippen molar-refractivity contribution < 1.29 is 8.78 Å². The summed E-state index contributed by atoms with van der Waals surface area (Å²) in [6, 6.07) is 10.5. The van der Waals surface area contributed by atoms with Gasteiger partial charge in [0.05, 0.1) is 23.0 Å². The predicted octanol–water partition coefficient (Wildman–Crippen LogP) is 3.19. The molecular weight excluding hydrogens is 248 g/mol. The Labute approximate surface area is 109 Å². The first-order valence-electron chi connectivity index (χ1n) is 5.51. The number of rotatable bonds is 2. The van der Waals surface area contributed by atoms with Crippen LogP contribution in [0.3, 0.4) is 0 Å². The van der Waals surface area contributed by atoms with E-state index in [1.165, 1.54) is 0 Å². The van der Waals surface area contributed by atoms with Crippen LogP contribution in [-0.2, 0) is 0 Å². The summed E-state index contributed by atoms with van der Waals surface area (Å²) in [5, 5.41) is 8.72. The second kappa shape index (κ2) is 4.94. The molecule has 96 valence electrons. The normalized spacial score (nSPS) is 10.0. The molecule has 0 heterocycles. The summed E-state index contributed by atoms with van der Waals surface area (Å²) < 4.78 is 26.6. The zero-order valence-electron chi connectivity index (χ0n) is 10.2. The molecule has 2 rings (SSSR count). The number of nitrogen functional groups attached to an aromatic ring is 1. The maximum Gasteiger partial charge on any atom is 0.151 e. The van der Waals surface area contributed by atoms with Gasteiger partial charge in [-0.1, -0.05) is 0 Å². The standard InChI is InChI=1S/C14H11F2N3/c1-19(11-4-2-9(8-17)3-5-11)13-7-10(15)6-12(16)14(13)18/h2-7H,18H2,1H3. The molecule has 3 nitrogen and oxygen atoms in total. The number of benzene rings is 2. The number of anilines is 3. The van der Waals surface area contributed by atoms with E-state index in [4.69, 9.17) is 11.0 Å². The van der Waals surface area contributed by atoms with E-state index >= 15 is 0 Å². The van der Waals surface area contributed by atoms with Crippen LogP contribution in [0.1, 0.15) is 5.56 Å². The zero-order chi connectivity index (χ0) is 14.0. The molecule has 0 unspecified atom stereocenters. The van der Waals surface area contributed by atoms with Gasteiger partial charge in [0.15, 0.2) is 5.82 Å². The molecule has 0 radical (unpaired) electrons. The predicted molar refractivity (Wildman–Crippen MR) is 70.0 cm³/mol. The van der Waals surface area contributed by atoms with Crippen LogP contribution in [0.5, 0.6) is 0 Å². The lowest BCUT2D eigenvalue weighted by Gasteiger charge is -2.21. The highest BCUT2D eigenvalue weighted by molar-refractivity contribution is 5.75. The Kier molecular flexibility index (Phi) is 3.34. The molecule has 0 amide bonds. The molecule has 0 fully saturated rings. The molecule has 0 aliphatic carbocycles. The van der Waals surface area contributed by atoms with Crippen LogP contribution in [0.2, 0.25) is 0 Å². The van der Waals surface area contributed by atoms with Gasteiger partial charge < -0.3 is 10.6 Å². The number of nitriles is 1. The summed E-state index contributed by atoms with van der Waals surface area (Å²) in [6.45, 7) is 0. The molecule has 0 aliphatic rings. The number of halogens is 2. The van der Waals surface area contributed by atoms with Crippen LogP contribution in [0, 0.1) is 23.0 Å². The Balaban J connectivity index is 2.43. The van der Waals surface area contributed by atoms with Gasteiger partial charge in [0.1, 0.15) is 5.82 Å². The van der Waals surface area contributed by atoms with Gasteiger partial charge in [0, 0.05) is 18.8 Å². The van der Waals surface area contributed by atoms with Crippen LogP contribution in [0.15, 0.2) is 36.4 Å². The molecule has 2 aromatic rings. The molecule has 2 N–H and O–H groups in total. The van der Waals surface area contributed by atoms with Crippen molar-refractivity contribution in [1.29, 1.82) is 5.26 Å². The summed E-state index contributed by atoms with van der Waals surface area (Å²) in [4.78, 5) is 1.56. The third-order valence-corrected chi connectivity index (χ3v) is 2.82. The van der Waals surface area contributed by atoms with Crippen molar-refractivity contribution in [2.45, 2.75) is 0 Å². The summed E-state index contributed by atoms with van der Waals surface area (Å²) in [5.41, 5.74) is 6.92. The fourth-order valence-electron chi connectivity index (χ4n) is 1.75. The third kappa shape index (κ3) is 2.47. The molecule has 0 aromatic heterocycles. The van der Waals surface area contributed by atoms with Crippen molar-refractivity contribution in [3.8, 4) is 6.07 Å². The third-order valence-electron chi connectivity index (χ3n) is 2.82. The molecule has 0 saturated heterocycles. The second-order valence-corrected chi connectivity index (χ2v) is 4.04. The van der Waals surface area contributed by atoms with Gasteiger partial charge in [0.25, 0.3) is 0 Å². The first kappa shape index (κ1) is 12.8. The minimum absolute atomic E-state index is 0.117. The van der Waals surface area contributed by atoms with Crippen molar-refractivity contribution in [2.24, 2.45) is 0 Å². The van der Waals surface area contributed by atoms with Gasteiger partial charge in [-0.2, -0.15) is 5.26 Å². The Hall–Kier alpha value is -2.61. The molecule has 0 bridgehead atoms. The molecule has 0 aliphatic heterocycles. The molecule has 0 spiro atoms. The minimum atomic E-state index is -0.796. The van der Waals surface area contributed by atoms with Gasteiger partial charge in [0.2, 0.25) is 0 Å². The lowest BCUT2D eigenvalue weighted by atomic mass is 10.2. The largest absolute Gasteiger partial charge is 0.395 e. The number of hydrogen-bond acceptors (Lipinski definition) is 3. The highest BCUT2D eigenvalue weighted by Gasteiger charge is 2.13. The Bertz CT molecular complexity index is 645. The fraction of sp³-hybridized carbons (Fsp3) is 0.0714. The molecule has 2 aromatic carbocycles. The van der Waals surface area contributed by atoms with Crippen LogP contribution in [-0.4, -0.2) is 7.05 Å². The fourth-order valence-corrected chi connectivity index (χ4v) is 1.75. The van der Waals surface area contributed by atoms with Crippen LogP contribution >= 0.6 is 0 Å². The van der Waals surface area contributed by atoms with Crippen LogP contribution < -0.4 is 10.6 Å². The Morgan fingerprint density at radius 3 is 2.37 bits per heavy atom. The summed E-state index contributed by atoms with van der Waals surface area (Å²) in [5.74, 6) is -1.49. The van der Waals surface area contributed by atoms with Crippen molar-refractivity contribution in [2.75, 3.05) is 17.7 Å². The maximum atomic E-state index is 13.4. The number of nitrogens with two attached hydrogens (primary N) is 1. The Morgan fingerprint density at radius 1 is 1.16 bits per heavy atom. The first-order chi connectivity index (χ1) is 9.02. The lowest BCUT2D eigenvalue weighted by Crippen LogP contribution is -2.13. The molecule has 0 atom stereocenters. The van der Waals surface area contributed by atoms with Gasteiger partial charge in [-0.15, -0.1) is 0 Å². The topological polar surface area (TPSA) is 53.0 Å². The van der Waals surface area contributed by atoms with Gasteiger partial charge in [-0.05, 0) is 30.3 Å². The summed E-state index contributed by atoms with van der Waals surface area (Å²) in [7, 11) is 1.64. The molecule has 19 heavy (non-hydrogen) atoms. The monoisotopic (exact) mass is 259 g/mol. The van der Waals surface area contributed by atoms with E-state index in [0.717, 1.165) is 12.1 Å². The van der Waals surface area contributed by atoms with Crippen molar-refractivity contribution in [1.82, 2.24) is 0 Å². The summed E-state index contributed by atoms with van der Waals surface area (Å²) in [6.07, 6.45) is 0. The van der Waals surface area contributed by atoms with E-state index in [0.29, 0.717) is 11.3 Å².